The van der Waals surface area contributed by atoms with Gasteiger partial charge < -0.3 is 21.5 Å². The van der Waals surface area contributed by atoms with E-state index in [2.05, 4.69) is 20.6 Å². The van der Waals surface area contributed by atoms with Crippen LogP contribution in [0.3, 0.4) is 0 Å². The second-order valence-electron chi connectivity index (χ2n) is 6.44. The van der Waals surface area contributed by atoms with E-state index in [-0.39, 0.29) is 17.7 Å². The van der Waals surface area contributed by atoms with Crippen molar-refractivity contribution in [3.8, 4) is 0 Å². The Kier molecular flexibility index (Phi) is 6.22. The first-order valence-electron chi connectivity index (χ1n) is 8.38. The number of fused-ring (bicyclic) bond motifs is 1. The summed E-state index contributed by atoms with van der Waals surface area (Å²) in [5.74, 6) is -0.442. The first kappa shape index (κ1) is 20.8. The fourth-order valence-corrected chi connectivity index (χ4v) is 2.54. The van der Waals surface area contributed by atoms with Gasteiger partial charge in [0.25, 0.3) is 0 Å². The number of anilines is 1. The molecule has 1 heterocycles. The molecule has 0 unspecified atom stereocenters. The molecule has 148 valence electrons. The third kappa shape index (κ3) is 5.27. The molecule has 0 aliphatic heterocycles. The molecule has 1 aromatic carbocycles. The molecule has 0 saturated carbocycles. The number of aliphatic hydroxyl groups excluding tert-OH is 1. The van der Waals surface area contributed by atoms with Crippen LogP contribution in [0, 0.1) is 0 Å². The van der Waals surface area contributed by atoms with Crippen LogP contribution in [0.5, 0.6) is 0 Å². The first-order valence-corrected chi connectivity index (χ1v) is 8.38. The summed E-state index contributed by atoms with van der Waals surface area (Å²) >= 11 is 0. The zero-order chi connectivity index (χ0) is 20.2. The Balaban J connectivity index is 2.13. The number of hydrogen-bond acceptors (Lipinski definition) is 6. The van der Waals surface area contributed by atoms with E-state index in [4.69, 9.17) is 5.73 Å². The van der Waals surface area contributed by atoms with Crippen LogP contribution in [0.1, 0.15) is 32.3 Å². The monoisotopic (exact) mass is 385 g/mol. The van der Waals surface area contributed by atoms with Crippen molar-refractivity contribution in [3.05, 3.63) is 30.1 Å². The highest BCUT2D eigenvalue weighted by Gasteiger charge is 2.31. The maximum Gasteiger partial charge on any atom is 0.416 e. The molecule has 0 radical (unpaired) electrons. The SMILES string of the molecule is CCC[C@H](O)[C@@](C)(N)NC(=O)CNc1ncnc2ccc(C(F)(F)F)cc12. The maximum atomic E-state index is 12.9. The third-order valence-corrected chi connectivity index (χ3v) is 4.04. The first-order chi connectivity index (χ1) is 12.5. The minimum absolute atomic E-state index is 0.0917. The van der Waals surface area contributed by atoms with Crippen LogP contribution in [-0.2, 0) is 11.0 Å². The molecule has 0 saturated heterocycles. The summed E-state index contributed by atoms with van der Waals surface area (Å²) in [6.45, 7) is 3.08. The molecule has 0 fully saturated rings. The Morgan fingerprint density at radius 2 is 2.04 bits per heavy atom. The molecule has 27 heavy (non-hydrogen) atoms. The van der Waals surface area contributed by atoms with Gasteiger partial charge in [0.1, 0.15) is 17.8 Å². The molecule has 0 aliphatic carbocycles. The minimum Gasteiger partial charge on any atom is -0.389 e. The van der Waals surface area contributed by atoms with E-state index in [0.717, 1.165) is 12.1 Å². The van der Waals surface area contributed by atoms with Crippen LogP contribution < -0.4 is 16.4 Å². The van der Waals surface area contributed by atoms with Gasteiger partial charge in [0.15, 0.2) is 0 Å². The normalized spacial score (nSPS) is 15.2. The van der Waals surface area contributed by atoms with Crippen LogP contribution >= 0.6 is 0 Å². The molecule has 5 N–H and O–H groups in total. The van der Waals surface area contributed by atoms with Crippen molar-refractivity contribution in [1.29, 1.82) is 0 Å². The Bertz CT molecular complexity index is 811. The Morgan fingerprint density at radius 3 is 2.67 bits per heavy atom. The molecular formula is C17H22F3N5O2. The van der Waals surface area contributed by atoms with Crippen molar-refractivity contribution >= 4 is 22.6 Å². The molecule has 2 rings (SSSR count). The fraction of sp³-hybridized carbons (Fsp3) is 0.471. The number of nitrogens with one attached hydrogen (secondary N) is 2. The lowest BCUT2D eigenvalue weighted by molar-refractivity contribution is -0.137. The number of hydrogen-bond donors (Lipinski definition) is 4. The average Bonchev–Trinajstić information content (AvgIpc) is 2.58. The van der Waals surface area contributed by atoms with Crippen molar-refractivity contribution < 1.29 is 23.1 Å². The van der Waals surface area contributed by atoms with E-state index in [1.807, 2.05) is 6.92 Å². The van der Waals surface area contributed by atoms with Gasteiger partial charge in [-0.3, -0.25) is 4.79 Å². The molecule has 7 nitrogen and oxygen atoms in total. The summed E-state index contributed by atoms with van der Waals surface area (Å²) in [7, 11) is 0. The molecule has 1 aromatic heterocycles. The topological polar surface area (TPSA) is 113 Å². The average molecular weight is 385 g/mol. The molecule has 1 amide bonds. The fourth-order valence-electron chi connectivity index (χ4n) is 2.54. The Hall–Kier alpha value is -2.46. The number of rotatable bonds is 7. The second-order valence-corrected chi connectivity index (χ2v) is 6.44. The van der Waals surface area contributed by atoms with E-state index in [0.29, 0.717) is 18.4 Å². The lowest BCUT2D eigenvalue weighted by atomic mass is 10.0. The van der Waals surface area contributed by atoms with Gasteiger partial charge in [-0.15, -0.1) is 0 Å². The largest absolute Gasteiger partial charge is 0.416 e. The highest BCUT2D eigenvalue weighted by Crippen LogP contribution is 2.32. The lowest BCUT2D eigenvalue weighted by Crippen LogP contribution is -2.62. The summed E-state index contributed by atoms with van der Waals surface area (Å²) in [5.41, 5.74) is 4.06. The van der Waals surface area contributed by atoms with Crippen LogP contribution in [0.15, 0.2) is 24.5 Å². The molecule has 10 heteroatoms. The number of benzene rings is 1. The van der Waals surface area contributed by atoms with Gasteiger partial charge in [0.2, 0.25) is 5.91 Å². The summed E-state index contributed by atoms with van der Waals surface area (Å²) in [6, 6.07) is 3.09. The number of carbonyl (C=O) groups excluding carboxylic acids is 1. The quantitative estimate of drug-likeness (QED) is 0.543. The molecule has 0 spiro atoms. The van der Waals surface area contributed by atoms with Crippen molar-refractivity contribution in [2.75, 3.05) is 11.9 Å². The predicted molar refractivity (Wildman–Crippen MR) is 94.7 cm³/mol. The van der Waals surface area contributed by atoms with Gasteiger partial charge in [-0.2, -0.15) is 13.2 Å². The van der Waals surface area contributed by atoms with E-state index >= 15 is 0 Å². The molecule has 0 aliphatic rings. The zero-order valence-corrected chi connectivity index (χ0v) is 15.0. The smallest absolute Gasteiger partial charge is 0.389 e. The van der Waals surface area contributed by atoms with Crippen LogP contribution in [-0.4, -0.2) is 39.3 Å². The van der Waals surface area contributed by atoms with E-state index in [1.165, 1.54) is 19.3 Å². The highest BCUT2D eigenvalue weighted by molar-refractivity contribution is 5.91. The lowest BCUT2D eigenvalue weighted by Gasteiger charge is -2.31. The molecule has 2 atom stereocenters. The second kappa shape index (κ2) is 8.05. The van der Waals surface area contributed by atoms with Crippen molar-refractivity contribution in [3.63, 3.8) is 0 Å². The summed E-state index contributed by atoms with van der Waals surface area (Å²) in [4.78, 5) is 20.0. The van der Waals surface area contributed by atoms with E-state index < -0.39 is 29.4 Å². The maximum absolute atomic E-state index is 12.9. The highest BCUT2D eigenvalue weighted by atomic mass is 19.4. The predicted octanol–water partition coefficient (Wildman–Crippen LogP) is 2.01. The minimum atomic E-state index is -4.50. The molecule has 2 aromatic rings. The van der Waals surface area contributed by atoms with Gasteiger partial charge in [0, 0.05) is 5.39 Å². The van der Waals surface area contributed by atoms with Gasteiger partial charge >= 0.3 is 6.18 Å². The number of aliphatic hydroxyl groups is 1. The van der Waals surface area contributed by atoms with E-state index in [1.54, 1.807) is 0 Å². The third-order valence-electron chi connectivity index (χ3n) is 4.04. The number of alkyl halides is 3. The number of amides is 1. The zero-order valence-electron chi connectivity index (χ0n) is 15.0. The van der Waals surface area contributed by atoms with E-state index in [9.17, 15) is 23.1 Å². The number of nitrogens with zero attached hydrogens (tertiary/aromatic N) is 2. The summed E-state index contributed by atoms with van der Waals surface area (Å²) in [6.07, 6.45) is -3.14. The van der Waals surface area contributed by atoms with Gasteiger partial charge in [-0.05, 0) is 31.5 Å². The number of halogens is 3. The van der Waals surface area contributed by atoms with Gasteiger partial charge in [-0.25, -0.2) is 9.97 Å². The van der Waals surface area contributed by atoms with Gasteiger partial charge in [-0.1, -0.05) is 13.3 Å². The van der Waals surface area contributed by atoms with Crippen LogP contribution in [0.25, 0.3) is 10.9 Å². The standard InChI is InChI=1S/C17H22F3N5O2/c1-3-4-13(26)16(2,21)25-14(27)8-22-15-11-7-10(17(18,19)20)5-6-12(11)23-9-24-15/h5-7,9,13,26H,3-4,8,21H2,1-2H3,(H,25,27)(H,22,23,24)/t13-,16-/m0/s1. The van der Waals surface area contributed by atoms with Crippen molar-refractivity contribution in [1.82, 2.24) is 15.3 Å². The number of nitrogens with two attached hydrogens (primary N) is 1. The Morgan fingerprint density at radius 1 is 1.33 bits per heavy atom. The molecular weight excluding hydrogens is 363 g/mol. The van der Waals surface area contributed by atoms with Gasteiger partial charge in [0.05, 0.1) is 23.7 Å². The van der Waals surface area contributed by atoms with Crippen molar-refractivity contribution in [2.24, 2.45) is 5.73 Å². The number of aromatic nitrogens is 2. The summed E-state index contributed by atoms with van der Waals surface area (Å²) in [5, 5.41) is 15.3. The summed E-state index contributed by atoms with van der Waals surface area (Å²) < 4.78 is 38.8. The van der Waals surface area contributed by atoms with Crippen LogP contribution in [0.2, 0.25) is 0 Å². The van der Waals surface area contributed by atoms with Crippen molar-refractivity contribution in [2.45, 2.75) is 44.6 Å². The number of carbonyl (C=O) groups is 1. The molecule has 0 bridgehead atoms. The van der Waals surface area contributed by atoms with Crippen LogP contribution in [0.4, 0.5) is 19.0 Å². The Labute approximate surface area is 154 Å².